The third kappa shape index (κ3) is 5.72. The molecular formula is C31H32F3N5O4. The molecule has 1 aliphatic heterocycles. The van der Waals surface area contributed by atoms with E-state index in [1.165, 1.54) is 21.0 Å². The first-order valence-electron chi connectivity index (χ1n) is 13.8. The van der Waals surface area contributed by atoms with Crippen molar-refractivity contribution < 1.29 is 32.6 Å². The number of ketones is 1. The highest BCUT2D eigenvalue weighted by atomic mass is 19.4. The number of carbonyl (C=O) groups excluding carboxylic acids is 2. The van der Waals surface area contributed by atoms with E-state index in [2.05, 4.69) is 10.1 Å². The number of aliphatic hydroxyl groups excluding tert-OH is 1. The Bertz CT molecular complexity index is 1670. The van der Waals surface area contributed by atoms with Crippen LogP contribution >= 0.6 is 0 Å². The lowest BCUT2D eigenvalue weighted by atomic mass is 10.00. The average molecular weight is 596 g/mol. The van der Waals surface area contributed by atoms with Gasteiger partial charge in [0.15, 0.2) is 17.1 Å². The Morgan fingerprint density at radius 2 is 1.86 bits per heavy atom. The lowest BCUT2D eigenvalue weighted by Crippen LogP contribution is -2.55. The molecule has 2 aromatic carbocycles. The van der Waals surface area contributed by atoms with E-state index in [4.69, 9.17) is 4.74 Å². The highest BCUT2D eigenvalue weighted by Crippen LogP contribution is 2.37. The molecule has 1 fully saturated rings. The lowest BCUT2D eigenvalue weighted by Gasteiger charge is -2.43. The Kier molecular flexibility index (Phi) is 8.26. The van der Waals surface area contributed by atoms with Gasteiger partial charge in [0.2, 0.25) is 0 Å². The molecule has 1 amide bonds. The number of alkyl halides is 3. The summed E-state index contributed by atoms with van der Waals surface area (Å²) in [5.74, 6) is -0.0170. The summed E-state index contributed by atoms with van der Waals surface area (Å²) in [6.07, 6.45) is -3.61. The third-order valence-corrected chi connectivity index (χ3v) is 7.96. The zero-order chi connectivity index (χ0) is 31.1. The van der Waals surface area contributed by atoms with E-state index in [0.29, 0.717) is 34.5 Å². The van der Waals surface area contributed by atoms with Crippen LogP contribution in [0.3, 0.4) is 0 Å². The van der Waals surface area contributed by atoms with Gasteiger partial charge >= 0.3 is 6.18 Å². The monoisotopic (exact) mass is 595 g/mol. The van der Waals surface area contributed by atoms with E-state index in [0.717, 1.165) is 11.8 Å². The first kappa shape index (κ1) is 30.2. The third-order valence-electron chi connectivity index (χ3n) is 7.96. The number of fused-ring (bicyclic) bond motifs is 1. The van der Waals surface area contributed by atoms with Crippen LogP contribution in [0, 0.1) is 6.92 Å². The maximum atomic E-state index is 14.3. The number of Topliss-reactive ketones (excluding diaryl/α,β-unsaturated/α-hetero) is 1. The first-order valence-corrected chi connectivity index (χ1v) is 13.8. The van der Waals surface area contributed by atoms with E-state index in [1.54, 1.807) is 47.4 Å². The van der Waals surface area contributed by atoms with E-state index >= 15 is 0 Å². The summed E-state index contributed by atoms with van der Waals surface area (Å²) in [6, 6.07) is 12.9. The Balaban J connectivity index is 1.47. The summed E-state index contributed by atoms with van der Waals surface area (Å²) in [4.78, 5) is 33.9. The number of nitrogens with zero attached hydrogens (tertiary/aromatic N) is 5. The SMILES string of the molecule is COc1ccc(-c2nc3c(C(=O)N4CCN([C@H](CO)c5cccc(C(C)=O)c5)C[C@H]4C)cnn3c(C(F)(F)F)c2C)cc1. The van der Waals surface area contributed by atoms with Gasteiger partial charge in [-0.3, -0.25) is 14.5 Å². The van der Waals surface area contributed by atoms with Gasteiger partial charge in [-0.05, 0) is 56.7 Å². The number of rotatable bonds is 7. The summed E-state index contributed by atoms with van der Waals surface area (Å²) in [5, 5.41) is 14.2. The Labute approximate surface area is 246 Å². The number of hydrogen-bond donors (Lipinski definition) is 1. The van der Waals surface area contributed by atoms with Crippen molar-refractivity contribution in [1.82, 2.24) is 24.4 Å². The molecule has 5 rings (SSSR count). The summed E-state index contributed by atoms with van der Waals surface area (Å²) >= 11 is 0. The van der Waals surface area contributed by atoms with Gasteiger partial charge in [0.1, 0.15) is 11.3 Å². The van der Waals surface area contributed by atoms with Crippen LogP contribution in [0.4, 0.5) is 13.2 Å². The molecule has 9 nitrogen and oxygen atoms in total. The smallest absolute Gasteiger partial charge is 0.433 e. The summed E-state index contributed by atoms with van der Waals surface area (Å²) in [7, 11) is 1.49. The van der Waals surface area contributed by atoms with Crippen LogP contribution in [-0.2, 0) is 6.18 Å². The van der Waals surface area contributed by atoms with E-state index in [-0.39, 0.29) is 53.5 Å². The standard InChI is InChI=1S/C31H32F3N5O4/c1-18-16-37(26(17-40)23-7-5-6-22(14-23)20(3)41)12-13-38(18)30(42)25-15-35-39-28(31(32,33)34)19(2)27(36-29(25)39)21-8-10-24(43-4)11-9-21/h5-11,14-15,18,26,40H,12-13,16-17H2,1-4H3/t18-,26-/m1/s1. The highest BCUT2D eigenvalue weighted by molar-refractivity contribution is 6.00. The number of piperazine rings is 1. The average Bonchev–Trinajstić information content (AvgIpc) is 3.39. The van der Waals surface area contributed by atoms with Crippen molar-refractivity contribution in [3.63, 3.8) is 0 Å². The van der Waals surface area contributed by atoms with Crippen LogP contribution in [-0.4, -0.2) is 80.6 Å². The van der Waals surface area contributed by atoms with Crippen LogP contribution in [0.1, 0.15) is 57.4 Å². The summed E-state index contributed by atoms with van der Waals surface area (Å²) < 4.78 is 48.9. The molecule has 1 aliphatic rings. The minimum Gasteiger partial charge on any atom is -0.497 e. The topological polar surface area (TPSA) is 100 Å². The van der Waals surface area contributed by atoms with Crippen LogP contribution in [0.5, 0.6) is 5.75 Å². The molecule has 3 heterocycles. The van der Waals surface area contributed by atoms with Gasteiger partial charge in [0.05, 0.1) is 31.6 Å². The molecule has 2 atom stereocenters. The van der Waals surface area contributed by atoms with Gasteiger partial charge in [-0.15, -0.1) is 0 Å². The number of amides is 1. The van der Waals surface area contributed by atoms with E-state index < -0.39 is 17.8 Å². The number of halogens is 3. The quantitative estimate of drug-likeness (QED) is 0.306. The van der Waals surface area contributed by atoms with E-state index in [9.17, 15) is 27.9 Å². The number of benzene rings is 2. The van der Waals surface area contributed by atoms with Gasteiger partial charge in [0.25, 0.3) is 5.91 Å². The fourth-order valence-corrected chi connectivity index (χ4v) is 5.71. The number of ether oxygens (including phenoxy) is 1. The highest BCUT2D eigenvalue weighted by Gasteiger charge is 2.39. The number of aliphatic hydroxyl groups is 1. The molecule has 0 bridgehead atoms. The largest absolute Gasteiger partial charge is 0.497 e. The van der Waals surface area contributed by atoms with Gasteiger partial charge in [0, 0.05) is 42.4 Å². The first-order chi connectivity index (χ1) is 20.4. The van der Waals surface area contributed by atoms with Gasteiger partial charge < -0.3 is 14.7 Å². The van der Waals surface area contributed by atoms with Crippen molar-refractivity contribution in [1.29, 1.82) is 0 Å². The predicted octanol–water partition coefficient (Wildman–Crippen LogP) is 4.81. The number of aromatic nitrogens is 3. The molecule has 0 saturated carbocycles. The molecule has 0 spiro atoms. The minimum absolute atomic E-state index is 0.0339. The Morgan fingerprint density at radius 3 is 2.47 bits per heavy atom. The molecule has 0 radical (unpaired) electrons. The van der Waals surface area contributed by atoms with Crippen molar-refractivity contribution in [2.45, 2.75) is 39.0 Å². The van der Waals surface area contributed by atoms with Gasteiger partial charge in [-0.25, -0.2) is 9.50 Å². The van der Waals surface area contributed by atoms with E-state index in [1.807, 2.05) is 17.9 Å². The normalized spacial score (nSPS) is 16.8. The molecule has 1 saturated heterocycles. The van der Waals surface area contributed by atoms with Gasteiger partial charge in [-0.1, -0.05) is 18.2 Å². The second kappa shape index (κ2) is 11.8. The fourth-order valence-electron chi connectivity index (χ4n) is 5.71. The lowest BCUT2D eigenvalue weighted by molar-refractivity contribution is -0.143. The molecule has 0 unspecified atom stereocenters. The van der Waals surface area contributed by atoms with Gasteiger partial charge in [-0.2, -0.15) is 18.3 Å². The molecule has 0 aliphatic carbocycles. The number of hydrogen-bond acceptors (Lipinski definition) is 7. The van der Waals surface area contributed by atoms with Crippen LogP contribution < -0.4 is 4.74 Å². The number of carbonyl (C=O) groups is 2. The predicted molar refractivity (Wildman–Crippen MR) is 153 cm³/mol. The summed E-state index contributed by atoms with van der Waals surface area (Å²) in [5.41, 5.74) is 0.532. The maximum absolute atomic E-state index is 14.3. The second-order valence-electron chi connectivity index (χ2n) is 10.7. The molecule has 43 heavy (non-hydrogen) atoms. The molecule has 1 N–H and O–H groups in total. The van der Waals surface area contributed by atoms with Crippen molar-refractivity contribution >= 4 is 17.3 Å². The zero-order valence-electron chi connectivity index (χ0n) is 24.2. The molecule has 226 valence electrons. The van der Waals surface area contributed by atoms with Crippen molar-refractivity contribution in [2.24, 2.45) is 0 Å². The van der Waals surface area contributed by atoms with Crippen molar-refractivity contribution in [3.8, 4) is 17.0 Å². The second-order valence-corrected chi connectivity index (χ2v) is 10.7. The molecule has 2 aromatic heterocycles. The minimum atomic E-state index is -4.75. The van der Waals surface area contributed by atoms with Crippen LogP contribution in [0.2, 0.25) is 0 Å². The summed E-state index contributed by atoms with van der Waals surface area (Å²) in [6.45, 7) is 5.55. The Hall–Kier alpha value is -4.29. The molecule has 4 aromatic rings. The molecular weight excluding hydrogens is 563 g/mol. The Morgan fingerprint density at radius 1 is 1.14 bits per heavy atom. The fraction of sp³-hybridized carbons (Fsp3) is 0.355. The van der Waals surface area contributed by atoms with Crippen molar-refractivity contribution in [3.05, 3.63) is 82.7 Å². The number of methoxy groups -OCH3 is 1. The van der Waals surface area contributed by atoms with Crippen LogP contribution in [0.15, 0.2) is 54.7 Å². The van der Waals surface area contributed by atoms with Crippen molar-refractivity contribution in [2.75, 3.05) is 33.4 Å². The maximum Gasteiger partial charge on any atom is 0.433 e. The zero-order valence-corrected chi connectivity index (χ0v) is 24.2. The molecule has 12 heteroatoms. The van der Waals surface area contributed by atoms with Crippen LogP contribution in [0.25, 0.3) is 16.9 Å².